The topological polar surface area (TPSA) is 32.3 Å². The Labute approximate surface area is 150 Å². The summed E-state index contributed by atoms with van der Waals surface area (Å²) < 4.78 is 0. The molecule has 1 unspecified atom stereocenters. The highest BCUT2D eigenvalue weighted by atomic mass is 35.5. The Bertz CT molecular complexity index is 517. The van der Waals surface area contributed by atoms with Gasteiger partial charge in [0.05, 0.1) is 6.04 Å². The van der Waals surface area contributed by atoms with E-state index in [1.54, 1.807) is 0 Å². The van der Waals surface area contributed by atoms with Gasteiger partial charge < -0.3 is 10.2 Å². The van der Waals surface area contributed by atoms with E-state index in [1.807, 2.05) is 18.2 Å². The first-order valence-electron chi connectivity index (χ1n) is 8.50. The third-order valence-electron chi connectivity index (χ3n) is 5.06. The minimum atomic E-state index is 0. The molecule has 2 heterocycles. The van der Waals surface area contributed by atoms with Crippen molar-refractivity contribution in [2.75, 3.05) is 19.6 Å². The molecule has 0 aromatic heterocycles. The summed E-state index contributed by atoms with van der Waals surface area (Å²) in [7, 11) is 0. The van der Waals surface area contributed by atoms with E-state index < -0.39 is 0 Å². The van der Waals surface area contributed by atoms with Gasteiger partial charge in [0.25, 0.3) is 0 Å². The van der Waals surface area contributed by atoms with Crippen molar-refractivity contribution >= 4 is 29.9 Å². The first kappa shape index (κ1) is 18.6. The number of hydrogen-bond acceptors (Lipinski definition) is 2. The summed E-state index contributed by atoms with van der Waals surface area (Å²) in [6.45, 7) is 3.08. The van der Waals surface area contributed by atoms with Crippen LogP contribution in [0.3, 0.4) is 0 Å². The molecule has 0 aliphatic carbocycles. The molecule has 2 aliphatic heterocycles. The van der Waals surface area contributed by atoms with E-state index in [-0.39, 0.29) is 18.4 Å². The molecule has 1 aromatic rings. The maximum atomic E-state index is 12.7. The van der Waals surface area contributed by atoms with Gasteiger partial charge in [-0.05, 0) is 62.7 Å². The van der Waals surface area contributed by atoms with Gasteiger partial charge in [0, 0.05) is 18.0 Å². The molecule has 1 amide bonds. The highest BCUT2D eigenvalue weighted by Gasteiger charge is 2.31. The SMILES string of the molecule is Cl.O=C(CCC1CCNCC1)N1CCCC1c1ccccc1Cl. The average Bonchev–Trinajstić information content (AvgIpc) is 3.03. The summed E-state index contributed by atoms with van der Waals surface area (Å²) in [5.41, 5.74) is 1.11. The minimum absolute atomic E-state index is 0. The molecule has 23 heavy (non-hydrogen) atoms. The van der Waals surface area contributed by atoms with Crippen LogP contribution >= 0.6 is 24.0 Å². The molecule has 0 spiro atoms. The van der Waals surface area contributed by atoms with Gasteiger partial charge >= 0.3 is 0 Å². The van der Waals surface area contributed by atoms with Crippen LogP contribution in [0, 0.1) is 5.92 Å². The standard InChI is InChI=1S/C18H25ClN2O.ClH/c19-16-5-2-1-4-15(16)17-6-3-13-21(17)18(22)8-7-14-9-11-20-12-10-14;/h1-2,4-5,14,17,20H,3,6-13H2;1H. The molecular formula is C18H26Cl2N2O. The lowest BCUT2D eigenvalue weighted by Gasteiger charge is -2.27. The molecule has 5 heteroatoms. The predicted molar refractivity (Wildman–Crippen MR) is 97.2 cm³/mol. The molecule has 1 atom stereocenters. The quantitative estimate of drug-likeness (QED) is 0.876. The molecule has 1 N–H and O–H groups in total. The van der Waals surface area contributed by atoms with Gasteiger partial charge in [-0.15, -0.1) is 12.4 Å². The number of carbonyl (C=O) groups is 1. The summed E-state index contributed by atoms with van der Waals surface area (Å²) in [5.74, 6) is 1.02. The Morgan fingerprint density at radius 3 is 2.70 bits per heavy atom. The number of piperidine rings is 1. The van der Waals surface area contributed by atoms with Crippen molar-refractivity contribution < 1.29 is 4.79 Å². The Hall–Kier alpha value is -0.770. The lowest BCUT2D eigenvalue weighted by molar-refractivity contribution is -0.132. The van der Waals surface area contributed by atoms with Crippen molar-refractivity contribution in [1.82, 2.24) is 10.2 Å². The van der Waals surface area contributed by atoms with E-state index in [4.69, 9.17) is 11.6 Å². The van der Waals surface area contributed by atoms with Gasteiger partial charge in [0.15, 0.2) is 0 Å². The Morgan fingerprint density at radius 1 is 1.22 bits per heavy atom. The van der Waals surface area contributed by atoms with Crippen LogP contribution in [0.25, 0.3) is 0 Å². The second kappa shape index (κ2) is 8.91. The van der Waals surface area contributed by atoms with E-state index in [0.717, 1.165) is 49.5 Å². The molecule has 128 valence electrons. The summed E-state index contributed by atoms with van der Waals surface area (Å²) >= 11 is 6.33. The Morgan fingerprint density at radius 2 is 1.96 bits per heavy atom. The Balaban J connectivity index is 0.00000192. The van der Waals surface area contributed by atoms with Gasteiger partial charge in [0.2, 0.25) is 5.91 Å². The number of nitrogens with one attached hydrogen (secondary N) is 1. The van der Waals surface area contributed by atoms with Gasteiger partial charge in [-0.3, -0.25) is 4.79 Å². The minimum Gasteiger partial charge on any atom is -0.336 e. The van der Waals surface area contributed by atoms with Crippen molar-refractivity contribution in [1.29, 1.82) is 0 Å². The molecule has 0 radical (unpaired) electrons. The lowest BCUT2D eigenvalue weighted by Crippen LogP contribution is -2.32. The monoisotopic (exact) mass is 356 g/mol. The van der Waals surface area contributed by atoms with E-state index >= 15 is 0 Å². The normalized spacial score (nSPS) is 22.0. The van der Waals surface area contributed by atoms with Gasteiger partial charge in [-0.25, -0.2) is 0 Å². The highest BCUT2D eigenvalue weighted by Crippen LogP contribution is 2.36. The maximum Gasteiger partial charge on any atom is 0.223 e. The zero-order valence-electron chi connectivity index (χ0n) is 13.5. The number of carbonyl (C=O) groups excluding carboxylic acids is 1. The van der Waals surface area contributed by atoms with Crippen LogP contribution in [0.1, 0.15) is 50.1 Å². The second-order valence-electron chi connectivity index (χ2n) is 6.50. The number of halogens is 2. The largest absolute Gasteiger partial charge is 0.336 e. The van der Waals surface area contributed by atoms with Crippen molar-refractivity contribution in [3.63, 3.8) is 0 Å². The van der Waals surface area contributed by atoms with Crippen molar-refractivity contribution in [2.45, 2.75) is 44.6 Å². The molecule has 2 saturated heterocycles. The summed E-state index contributed by atoms with van der Waals surface area (Å²) in [4.78, 5) is 14.7. The van der Waals surface area contributed by atoms with Crippen molar-refractivity contribution in [2.24, 2.45) is 5.92 Å². The average molecular weight is 357 g/mol. The fraction of sp³-hybridized carbons (Fsp3) is 0.611. The van der Waals surface area contributed by atoms with Crippen molar-refractivity contribution in [3.05, 3.63) is 34.9 Å². The molecule has 2 fully saturated rings. The van der Waals surface area contributed by atoms with Gasteiger partial charge in [0.1, 0.15) is 0 Å². The third kappa shape index (κ3) is 4.62. The smallest absolute Gasteiger partial charge is 0.223 e. The number of likely N-dealkylation sites (tertiary alicyclic amines) is 1. The molecule has 2 aliphatic rings. The fourth-order valence-corrected chi connectivity index (χ4v) is 4.04. The molecular weight excluding hydrogens is 331 g/mol. The zero-order chi connectivity index (χ0) is 15.4. The van der Waals surface area contributed by atoms with E-state index in [2.05, 4.69) is 16.3 Å². The number of rotatable bonds is 4. The van der Waals surface area contributed by atoms with E-state index in [0.29, 0.717) is 18.2 Å². The number of hydrogen-bond donors (Lipinski definition) is 1. The number of benzene rings is 1. The first-order valence-corrected chi connectivity index (χ1v) is 8.88. The van der Waals surface area contributed by atoms with Gasteiger partial charge in [-0.1, -0.05) is 29.8 Å². The summed E-state index contributed by atoms with van der Waals surface area (Å²) in [6, 6.07) is 8.12. The molecule has 1 aromatic carbocycles. The van der Waals surface area contributed by atoms with Crippen LogP contribution in [0.15, 0.2) is 24.3 Å². The lowest BCUT2D eigenvalue weighted by atomic mass is 9.93. The zero-order valence-corrected chi connectivity index (χ0v) is 15.0. The first-order chi connectivity index (χ1) is 10.8. The number of nitrogens with zero attached hydrogens (tertiary/aromatic N) is 1. The van der Waals surface area contributed by atoms with E-state index in [9.17, 15) is 4.79 Å². The molecule has 3 rings (SSSR count). The Kier molecular flexibility index (Phi) is 7.19. The van der Waals surface area contributed by atoms with Crippen LogP contribution in [0.4, 0.5) is 0 Å². The highest BCUT2D eigenvalue weighted by molar-refractivity contribution is 6.31. The van der Waals surface area contributed by atoms with Crippen LogP contribution in [-0.4, -0.2) is 30.4 Å². The molecule has 0 saturated carbocycles. The van der Waals surface area contributed by atoms with Crippen LogP contribution in [0.5, 0.6) is 0 Å². The summed E-state index contributed by atoms with van der Waals surface area (Å²) in [5, 5.41) is 4.17. The second-order valence-corrected chi connectivity index (χ2v) is 6.91. The fourth-order valence-electron chi connectivity index (χ4n) is 3.78. The van der Waals surface area contributed by atoms with Crippen LogP contribution in [0.2, 0.25) is 5.02 Å². The predicted octanol–water partition coefficient (Wildman–Crippen LogP) is 4.21. The third-order valence-corrected chi connectivity index (χ3v) is 5.41. The number of amides is 1. The van der Waals surface area contributed by atoms with Gasteiger partial charge in [-0.2, -0.15) is 0 Å². The van der Waals surface area contributed by atoms with Crippen LogP contribution in [-0.2, 0) is 4.79 Å². The molecule has 0 bridgehead atoms. The summed E-state index contributed by atoms with van der Waals surface area (Å²) in [6.07, 6.45) is 6.25. The molecule has 3 nitrogen and oxygen atoms in total. The maximum absolute atomic E-state index is 12.7. The van der Waals surface area contributed by atoms with E-state index in [1.165, 1.54) is 12.8 Å². The van der Waals surface area contributed by atoms with Crippen molar-refractivity contribution in [3.8, 4) is 0 Å². The van der Waals surface area contributed by atoms with Crippen LogP contribution < -0.4 is 5.32 Å².